The van der Waals surface area contributed by atoms with Crippen LogP contribution in [-0.2, 0) is 4.79 Å². The Kier molecular flexibility index (Phi) is 6.85. The summed E-state index contributed by atoms with van der Waals surface area (Å²) in [6.07, 6.45) is 1.91. The summed E-state index contributed by atoms with van der Waals surface area (Å²) in [4.78, 5) is 29.0. The van der Waals surface area contributed by atoms with Gasteiger partial charge in [-0.05, 0) is 49.6 Å². The van der Waals surface area contributed by atoms with Gasteiger partial charge >= 0.3 is 6.09 Å². The Balaban J connectivity index is 1.65. The van der Waals surface area contributed by atoms with Crippen molar-refractivity contribution in [3.05, 3.63) is 48.0 Å². The Bertz CT molecular complexity index is 1020. The molecule has 2 amide bonds. The summed E-state index contributed by atoms with van der Waals surface area (Å²) in [5.74, 6) is 1.04. The highest BCUT2D eigenvalue weighted by Gasteiger charge is 2.35. The van der Waals surface area contributed by atoms with E-state index in [1.165, 1.54) is 12.8 Å². The summed E-state index contributed by atoms with van der Waals surface area (Å²) >= 11 is 0. The van der Waals surface area contributed by atoms with E-state index < -0.39 is 6.09 Å². The van der Waals surface area contributed by atoms with E-state index in [1.54, 1.807) is 48.1 Å². The van der Waals surface area contributed by atoms with E-state index in [2.05, 4.69) is 5.32 Å². The van der Waals surface area contributed by atoms with Crippen LogP contribution in [-0.4, -0.2) is 50.8 Å². The predicted molar refractivity (Wildman–Crippen MR) is 128 cm³/mol. The first-order chi connectivity index (χ1) is 15.9. The van der Waals surface area contributed by atoms with Crippen LogP contribution in [0.15, 0.2) is 42.5 Å². The summed E-state index contributed by atoms with van der Waals surface area (Å²) in [5.41, 5.74) is 8.46. The number of nitrogens with zero attached hydrogens (tertiary/aromatic N) is 2. The number of nitrogens with one attached hydrogen (secondary N) is 1. The number of nitrogens with two attached hydrogens (primary N) is 1. The maximum Gasteiger partial charge on any atom is 0.419 e. The van der Waals surface area contributed by atoms with Gasteiger partial charge in [-0.1, -0.05) is 12.1 Å². The third-order valence-corrected chi connectivity index (χ3v) is 6.23. The fourth-order valence-corrected chi connectivity index (χ4v) is 4.30. The Morgan fingerprint density at radius 1 is 1.15 bits per heavy atom. The molecule has 33 heavy (non-hydrogen) atoms. The largest absolute Gasteiger partial charge is 0.497 e. The van der Waals surface area contributed by atoms with Crippen LogP contribution in [0.4, 0.5) is 16.2 Å². The summed E-state index contributed by atoms with van der Waals surface area (Å²) in [6.45, 7) is 5.06. The standard InChI is InChI=1S/C25H32N4O4/c1-16-15-28(25(31)33-22-6-4-5-21(12-22)32-3)24-11-18(7-10-23(24)29(16)17(2)30)19(13-26)14-27-20-8-9-20/h4-7,10-12,16,19-20,27H,8-9,13-15,26H2,1-3H3/t16-,19?/m0/s1. The van der Waals surface area contributed by atoms with Crippen molar-refractivity contribution in [1.29, 1.82) is 0 Å². The van der Waals surface area contributed by atoms with Crippen LogP contribution >= 0.6 is 0 Å². The van der Waals surface area contributed by atoms with Crippen molar-refractivity contribution in [2.75, 3.05) is 36.5 Å². The van der Waals surface area contributed by atoms with Crippen LogP contribution in [0.2, 0.25) is 0 Å². The van der Waals surface area contributed by atoms with Crippen LogP contribution < -0.4 is 30.3 Å². The second-order valence-electron chi connectivity index (χ2n) is 8.76. The van der Waals surface area contributed by atoms with E-state index >= 15 is 0 Å². The topological polar surface area (TPSA) is 97.1 Å². The van der Waals surface area contributed by atoms with Crippen LogP contribution in [0, 0.1) is 0 Å². The molecule has 1 saturated carbocycles. The third-order valence-electron chi connectivity index (χ3n) is 6.23. The second-order valence-corrected chi connectivity index (χ2v) is 8.76. The quantitative estimate of drug-likeness (QED) is 0.669. The van der Waals surface area contributed by atoms with Gasteiger partial charge < -0.3 is 25.4 Å². The molecule has 2 aromatic rings. The molecule has 8 heteroatoms. The number of carbonyl (C=O) groups is 2. The molecule has 2 aliphatic rings. The number of amides is 2. The first-order valence-electron chi connectivity index (χ1n) is 11.4. The highest BCUT2D eigenvalue weighted by molar-refractivity contribution is 6.02. The molecule has 3 N–H and O–H groups in total. The van der Waals surface area contributed by atoms with E-state index in [0.717, 1.165) is 12.1 Å². The lowest BCUT2D eigenvalue weighted by Crippen LogP contribution is -2.52. The minimum absolute atomic E-state index is 0.0666. The number of ether oxygens (including phenoxy) is 2. The fourth-order valence-electron chi connectivity index (χ4n) is 4.30. The van der Waals surface area contributed by atoms with Gasteiger partial charge in [-0.3, -0.25) is 9.69 Å². The van der Waals surface area contributed by atoms with Gasteiger partial charge in [0.15, 0.2) is 0 Å². The Hall–Kier alpha value is -3.10. The van der Waals surface area contributed by atoms with Crippen molar-refractivity contribution in [1.82, 2.24) is 5.32 Å². The van der Waals surface area contributed by atoms with Gasteiger partial charge in [0.25, 0.3) is 0 Å². The zero-order chi connectivity index (χ0) is 23.5. The Morgan fingerprint density at radius 3 is 2.58 bits per heavy atom. The average molecular weight is 453 g/mol. The highest BCUT2D eigenvalue weighted by atomic mass is 16.6. The molecule has 176 valence electrons. The molecule has 2 atom stereocenters. The SMILES string of the molecule is COc1cccc(OC(=O)N2C[C@H](C)N(C(C)=O)c3ccc(C(CN)CNC4CC4)cc32)c1. The lowest BCUT2D eigenvalue weighted by atomic mass is 9.96. The molecule has 1 aliphatic carbocycles. The minimum Gasteiger partial charge on any atom is -0.497 e. The van der Waals surface area contributed by atoms with Crippen molar-refractivity contribution in [3.8, 4) is 11.5 Å². The smallest absolute Gasteiger partial charge is 0.419 e. The van der Waals surface area contributed by atoms with E-state index in [0.29, 0.717) is 42.0 Å². The summed E-state index contributed by atoms with van der Waals surface area (Å²) < 4.78 is 10.9. The van der Waals surface area contributed by atoms with E-state index in [4.69, 9.17) is 15.2 Å². The maximum absolute atomic E-state index is 13.2. The van der Waals surface area contributed by atoms with Gasteiger partial charge in [0.2, 0.25) is 5.91 Å². The van der Waals surface area contributed by atoms with Gasteiger partial charge in [0, 0.05) is 44.6 Å². The number of rotatable bonds is 7. The number of hydrogen-bond acceptors (Lipinski definition) is 6. The van der Waals surface area contributed by atoms with Gasteiger partial charge in [-0.15, -0.1) is 0 Å². The molecule has 8 nitrogen and oxygen atoms in total. The number of methoxy groups -OCH3 is 1. The second kappa shape index (κ2) is 9.80. The number of fused-ring (bicyclic) bond motifs is 1. The van der Waals surface area contributed by atoms with Crippen molar-refractivity contribution in [2.24, 2.45) is 5.73 Å². The lowest BCUT2D eigenvalue weighted by molar-refractivity contribution is -0.117. The third kappa shape index (κ3) is 5.12. The predicted octanol–water partition coefficient (Wildman–Crippen LogP) is 3.25. The fraction of sp³-hybridized carbons (Fsp3) is 0.440. The molecule has 1 fully saturated rings. The normalized spacial score (nSPS) is 18.5. The molecule has 1 unspecified atom stereocenters. The first-order valence-corrected chi connectivity index (χ1v) is 11.4. The molecular formula is C25H32N4O4. The van der Waals surface area contributed by atoms with Crippen LogP contribution in [0.3, 0.4) is 0 Å². The number of carbonyl (C=O) groups excluding carboxylic acids is 2. The number of benzene rings is 2. The van der Waals surface area contributed by atoms with Crippen LogP contribution in [0.5, 0.6) is 11.5 Å². The summed E-state index contributed by atoms with van der Waals surface area (Å²) in [6, 6.07) is 13.2. The molecule has 0 saturated heterocycles. The molecule has 4 rings (SSSR count). The summed E-state index contributed by atoms with van der Waals surface area (Å²) in [7, 11) is 1.56. The summed E-state index contributed by atoms with van der Waals surface area (Å²) in [5, 5.41) is 3.54. The molecule has 1 heterocycles. The van der Waals surface area contributed by atoms with Gasteiger partial charge in [-0.25, -0.2) is 4.79 Å². The van der Waals surface area contributed by atoms with Gasteiger partial charge in [0.1, 0.15) is 11.5 Å². The zero-order valence-electron chi connectivity index (χ0n) is 19.4. The molecule has 0 spiro atoms. The number of anilines is 2. The van der Waals surface area contributed by atoms with E-state index in [-0.39, 0.29) is 17.9 Å². The molecule has 0 bridgehead atoms. The minimum atomic E-state index is -0.503. The van der Waals surface area contributed by atoms with E-state index in [1.807, 2.05) is 25.1 Å². The molecule has 0 radical (unpaired) electrons. The van der Waals surface area contributed by atoms with Crippen molar-refractivity contribution >= 4 is 23.4 Å². The highest BCUT2D eigenvalue weighted by Crippen LogP contribution is 2.38. The maximum atomic E-state index is 13.2. The lowest BCUT2D eigenvalue weighted by Gasteiger charge is -2.40. The number of hydrogen-bond donors (Lipinski definition) is 2. The van der Waals surface area contributed by atoms with Crippen LogP contribution in [0.25, 0.3) is 0 Å². The Labute approximate surface area is 194 Å². The van der Waals surface area contributed by atoms with Crippen molar-refractivity contribution in [2.45, 2.75) is 44.7 Å². The van der Waals surface area contributed by atoms with Crippen molar-refractivity contribution in [3.63, 3.8) is 0 Å². The van der Waals surface area contributed by atoms with E-state index in [9.17, 15) is 9.59 Å². The molecule has 0 aromatic heterocycles. The molecular weight excluding hydrogens is 420 g/mol. The van der Waals surface area contributed by atoms with Gasteiger partial charge in [-0.2, -0.15) is 0 Å². The van der Waals surface area contributed by atoms with Crippen molar-refractivity contribution < 1.29 is 19.1 Å². The van der Waals surface area contributed by atoms with Gasteiger partial charge in [0.05, 0.1) is 24.5 Å². The average Bonchev–Trinajstić information content (AvgIpc) is 3.63. The molecule has 2 aromatic carbocycles. The monoisotopic (exact) mass is 452 g/mol. The zero-order valence-corrected chi connectivity index (χ0v) is 19.4. The first kappa shape index (κ1) is 23.1. The molecule has 1 aliphatic heterocycles. The Morgan fingerprint density at radius 2 is 1.91 bits per heavy atom. The van der Waals surface area contributed by atoms with Crippen LogP contribution in [0.1, 0.15) is 38.2 Å².